The van der Waals surface area contributed by atoms with Crippen LogP contribution in [-0.4, -0.2) is 44.1 Å². The van der Waals surface area contributed by atoms with E-state index in [1.165, 1.54) is 37.7 Å². The van der Waals surface area contributed by atoms with Crippen LogP contribution < -0.4 is 24.8 Å². The molecule has 0 aliphatic rings. The summed E-state index contributed by atoms with van der Waals surface area (Å²) in [6.45, 7) is 0.802. The fourth-order valence-electron chi connectivity index (χ4n) is 2.81. The quantitative estimate of drug-likeness (QED) is 0.414. The van der Waals surface area contributed by atoms with Crippen LogP contribution >= 0.6 is 11.3 Å². The summed E-state index contributed by atoms with van der Waals surface area (Å²) in [5, 5.41) is 7.73. The predicted octanol–water partition coefficient (Wildman–Crippen LogP) is 3.43. The number of carbonyl (C=O) groups excluding carboxylic acids is 2. The molecule has 0 aliphatic carbocycles. The first-order valence-corrected chi connectivity index (χ1v) is 11.0. The molecule has 174 valence electrons. The molecule has 2 amide bonds. The van der Waals surface area contributed by atoms with Gasteiger partial charge >= 0.3 is 0 Å². The zero-order chi connectivity index (χ0) is 23.6. The number of methoxy groups -OCH3 is 2. The Bertz CT molecular complexity index is 1080. The molecule has 0 atom stereocenters. The van der Waals surface area contributed by atoms with Crippen molar-refractivity contribution in [1.82, 2.24) is 15.6 Å². The summed E-state index contributed by atoms with van der Waals surface area (Å²) in [4.78, 5) is 28.8. The third-order valence-corrected chi connectivity index (χ3v) is 5.33. The van der Waals surface area contributed by atoms with E-state index >= 15 is 0 Å². The van der Waals surface area contributed by atoms with E-state index in [1.54, 1.807) is 35.7 Å². The first kappa shape index (κ1) is 24.0. The topological polar surface area (TPSA) is 98.8 Å². The lowest BCUT2D eigenvalue weighted by Gasteiger charge is -2.09. The molecule has 3 rings (SSSR count). The van der Waals surface area contributed by atoms with Gasteiger partial charge in [0.05, 0.1) is 14.2 Å². The molecule has 10 heteroatoms. The number of thiazole rings is 1. The van der Waals surface area contributed by atoms with Gasteiger partial charge in [0.2, 0.25) is 0 Å². The number of ether oxygens (including phenoxy) is 3. The number of nitrogens with zero attached hydrogens (tertiary/aromatic N) is 1. The molecule has 0 aliphatic heterocycles. The second kappa shape index (κ2) is 11.8. The Morgan fingerprint density at radius 3 is 2.33 bits per heavy atom. The third kappa shape index (κ3) is 6.91. The second-order valence-electron chi connectivity index (χ2n) is 6.81. The maximum absolute atomic E-state index is 13.6. The van der Waals surface area contributed by atoms with Crippen LogP contribution in [0, 0.1) is 5.82 Å². The van der Waals surface area contributed by atoms with Crippen molar-refractivity contribution < 1.29 is 28.2 Å². The molecule has 0 fully saturated rings. The largest absolute Gasteiger partial charge is 0.497 e. The van der Waals surface area contributed by atoms with Crippen molar-refractivity contribution in [2.45, 2.75) is 13.0 Å². The van der Waals surface area contributed by atoms with E-state index in [-0.39, 0.29) is 29.9 Å². The Hall–Kier alpha value is -3.66. The molecule has 0 saturated carbocycles. The highest BCUT2D eigenvalue weighted by Gasteiger charge is 2.12. The van der Waals surface area contributed by atoms with E-state index in [4.69, 9.17) is 14.2 Å². The van der Waals surface area contributed by atoms with Crippen molar-refractivity contribution in [3.8, 4) is 17.2 Å². The molecule has 8 nitrogen and oxygen atoms in total. The maximum Gasteiger partial charge on any atom is 0.270 e. The van der Waals surface area contributed by atoms with Gasteiger partial charge in [0.15, 0.2) is 11.6 Å². The molecule has 2 N–H and O–H groups in total. The molecule has 0 saturated heterocycles. The van der Waals surface area contributed by atoms with E-state index in [2.05, 4.69) is 15.6 Å². The molecule has 0 radical (unpaired) electrons. The summed E-state index contributed by atoms with van der Waals surface area (Å²) < 4.78 is 29.3. The van der Waals surface area contributed by atoms with Crippen molar-refractivity contribution >= 4 is 23.2 Å². The molecule has 1 heterocycles. The minimum Gasteiger partial charge on any atom is -0.497 e. The monoisotopic (exact) mass is 473 g/mol. The van der Waals surface area contributed by atoms with Crippen molar-refractivity contribution in [2.24, 2.45) is 0 Å². The SMILES string of the molecule is COc1cc(OC)cc(C(=O)NCCCNC(=O)c2csc(COc3ccccc3F)n2)c1. The Labute approximate surface area is 194 Å². The molecule has 0 bridgehead atoms. The van der Waals surface area contributed by atoms with Crippen LogP contribution in [0.25, 0.3) is 0 Å². The normalized spacial score (nSPS) is 10.4. The highest BCUT2D eigenvalue weighted by atomic mass is 32.1. The molecule has 0 spiro atoms. The van der Waals surface area contributed by atoms with Crippen LogP contribution in [0.3, 0.4) is 0 Å². The number of aromatic nitrogens is 1. The first-order valence-electron chi connectivity index (χ1n) is 10.1. The maximum atomic E-state index is 13.6. The number of hydrogen-bond acceptors (Lipinski definition) is 7. The van der Waals surface area contributed by atoms with Gasteiger partial charge in [0.1, 0.15) is 28.8 Å². The molecule has 3 aromatic rings. The number of para-hydroxylation sites is 1. The summed E-state index contributed by atoms with van der Waals surface area (Å²) in [5.74, 6) is 0.130. The summed E-state index contributed by atoms with van der Waals surface area (Å²) in [6, 6.07) is 11.0. The summed E-state index contributed by atoms with van der Waals surface area (Å²) in [5.41, 5.74) is 0.683. The Morgan fingerprint density at radius 1 is 1.00 bits per heavy atom. The van der Waals surface area contributed by atoms with Gasteiger partial charge in [-0.15, -0.1) is 11.3 Å². The van der Waals surface area contributed by atoms with Gasteiger partial charge in [0.25, 0.3) is 11.8 Å². The van der Waals surface area contributed by atoms with Gasteiger partial charge in [-0.25, -0.2) is 9.37 Å². The van der Waals surface area contributed by atoms with Gasteiger partial charge in [0, 0.05) is 30.1 Å². The van der Waals surface area contributed by atoms with Crippen LogP contribution in [0.4, 0.5) is 4.39 Å². The van der Waals surface area contributed by atoms with E-state index in [1.807, 2.05) is 0 Å². The Kier molecular flexibility index (Phi) is 8.59. The number of benzene rings is 2. The van der Waals surface area contributed by atoms with Crippen LogP contribution in [0.5, 0.6) is 17.2 Å². The fourth-order valence-corrected chi connectivity index (χ4v) is 3.49. The second-order valence-corrected chi connectivity index (χ2v) is 7.75. The lowest BCUT2D eigenvalue weighted by Crippen LogP contribution is -2.30. The number of amides is 2. The number of nitrogens with one attached hydrogen (secondary N) is 2. The summed E-state index contributed by atoms with van der Waals surface area (Å²) in [7, 11) is 3.03. The van der Waals surface area contributed by atoms with Gasteiger partial charge in [-0.1, -0.05) is 12.1 Å². The van der Waals surface area contributed by atoms with Crippen molar-refractivity contribution in [1.29, 1.82) is 0 Å². The number of rotatable bonds is 11. The molecule has 1 aromatic heterocycles. The van der Waals surface area contributed by atoms with Gasteiger partial charge in [-0.3, -0.25) is 9.59 Å². The van der Waals surface area contributed by atoms with Gasteiger partial charge in [-0.2, -0.15) is 0 Å². The summed E-state index contributed by atoms with van der Waals surface area (Å²) >= 11 is 1.26. The van der Waals surface area contributed by atoms with Gasteiger partial charge < -0.3 is 24.8 Å². The molecular formula is C23H24FN3O5S. The van der Waals surface area contributed by atoms with E-state index in [9.17, 15) is 14.0 Å². The number of hydrogen-bond donors (Lipinski definition) is 2. The molecule has 2 aromatic carbocycles. The third-order valence-electron chi connectivity index (χ3n) is 4.51. The van der Waals surface area contributed by atoms with Crippen molar-refractivity contribution in [3.63, 3.8) is 0 Å². The molecular weight excluding hydrogens is 449 g/mol. The van der Waals surface area contributed by atoms with E-state index in [0.29, 0.717) is 41.6 Å². The summed E-state index contributed by atoms with van der Waals surface area (Å²) in [6.07, 6.45) is 0.534. The van der Waals surface area contributed by atoms with Crippen LogP contribution in [0.15, 0.2) is 47.8 Å². The van der Waals surface area contributed by atoms with Crippen LogP contribution in [-0.2, 0) is 6.61 Å². The van der Waals surface area contributed by atoms with Crippen molar-refractivity contribution in [2.75, 3.05) is 27.3 Å². The highest BCUT2D eigenvalue weighted by Crippen LogP contribution is 2.22. The molecule has 0 unspecified atom stereocenters. The standard InChI is InChI=1S/C23H24FN3O5S/c1-30-16-10-15(11-17(12-16)31-2)22(28)25-8-5-9-26-23(29)19-14-33-21(27-19)13-32-20-7-4-3-6-18(20)24/h3-4,6-7,10-12,14H,5,8-9,13H2,1-2H3,(H,25,28)(H,26,29). The zero-order valence-electron chi connectivity index (χ0n) is 18.2. The Balaban J connectivity index is 1.39. The predicted molar refractivity (Wildman–Crippen MR) is 122 cm³/mol. The highest BCUT2D eigenvalue weighted by molar-refractivity contribution is 7.09. The number of carbonyl (C=O) groups is 2. The average molecular weight is 474 g/mol. The zero-order valence-corrected chi connectivity index (χ0v) is 19.0. The number of halogens is 1. The van der Waals surface area contributed by atoms with E-state index in [0.717, 1.165) is 0 Å². The minimum absolute atomic E-state index is 0.0694. The van der Waals surface area contributed by atoms with Crippen molar-refractivity contribution in [3.05, 3.63) is 69.9 Å². The lowest BCUT2D eigenvalue weighted by molar-refractivity contribution is 0.0948. The van der Waals surface area contributed by atoms with Crippen LogP contribution in [0.2, 0.25) is 0 Å². The first-order chi connectivity index (χ1) is 16.0. The Morgan fingerprint density at radius 2 is 1.67 bits per heavy atom. The van der Waals surface area contributed by atoms with E-state index < -0.39 is 5.82 Å². The minimum atomic E-state index is -0.454. The molecule has 33 heavy (non-hydrogen) atoms. The lowest BCUT2D eigenvalue weighted by atomic mass is 10.2. The average Bonchev–Trinajstić information content (AvgIpc) is 3.32. The smallest absolute Gasteiger partial charge is 0.270 e. The van der Waals surface area contributed by atoms with Gasteiger partial charge in [-0.05, 0) is 30.7 Å². The fraction of sp³-hybridized carbons (Fsp3) is 0.261. The van der Waals surface area contributed by atoms with Crippen LogP contribution in [0.1, 0.15) is 32.3 Å².